The Labute approximate surface area is 177 Å². The van der Waals surface area contributed by atoms with E-state index in [9.17, 15) is 4.39 Å². The van der Waals surface area contributed by atoms with Crippen LogP contribution < -0.4 is 4.74 Å². The summed E-state index contributed by atoms with van der Waals surface area (Å²) in [6.45, 7) is 8.42. The van der Waals surface area contributed by atoms with Crippen LogP contribution in [-0.4, -0.2) is 0 Å². The molecule has 0 saturated carbocycles. The number of fused-ring (bicyclic) bond motifs is 1. The van der Waals surface area contributed by atoms with Crippen molar-refractivity contribution < 1.29 is 9.13 Å². The molecule has 1 nitrogen and oxygen atoms in total. The maximum absolute atomic E-state index is 14.5. The van der Waals surface area contributed by atoms with Gasteiger partial charge in [0.2, 0.25) is 0 Å². The zero-order valence-electron chi connectivity index (χ0n) is 16.8. The third kappa shape index (κ3) is 4.49. The molecule has 0 amide bonds. The Bertz CT molecular complexity index is 1150. The molecule has 0 fully saturated rings. The molecule has 0 aliphatic heterocycles. The van der Waals surface area contributed by atoms with E-state index >= 15 is 0 Å². The number of halogens is 1. The van der Waals surface area contributed by atoms with Crippen LogP contribution >= 0.6 is 0 Å². The lowest BCUT2D eigenvalue weighted by molar-refractivity contribution is 0.442. The Morgan fingerprint density at radius 1 is 0.933 bits per heavy atom. The van der Waals surface area contributed by atoms with Gasteiger partial charge in [-0.2, -0.15) is 0 Å². The number of ether oxygens (including phenoxy) is 1. The van der Waals surface area contributed by atoms with Crippen molar-refractivity contribution in [1.82, 2.24) is 0 Å². The van der Waals surface area contributed by atoms with Crippen LogP contribution in [-0.2, 0) is 12.8 Å². The van der Waals surface area contributed by atoms with Crippen LogP contribution in [0.4, 0.5) is 4.39 Å². The summed E-state index contributed by atoms with van der Waals surface area (Å²) in [5.74, 6) is 0.423. The lowest BCUT2D eigenvalue weighted by atomic mass is 9.92. The zero-order chi connectivity index (χ0) is 20.9. The summed E-state index contributed by atoms with van der Waals surface area (Å²) in [4.78, 5) is 0. The Morgan fingerprint density at radius 2 is 1.77 bits per heavy atom. The molecule has 0 radical (unpaired) electrons. The molecule has 0 atom stereocenters. The fourth-order valence-corrected chi connectivity index (χ4v) is 3.47. The molecule has 4 rings (SSSR count). The first-order valence-electron chi connectivity index (χ1n) is 9.95. The van der Waals surface area contributed by atoms with E-state index in [-0.39, 0.29) is 5.75 Å². The highest BCUT2D eigenvalue weighted by Gasteiger charge is 2.11. The third-order valence-corrected chi connectivity index (χ3v) is 5.17. The smallest absolute Gasteiger partial charge is 0.166 e. The van der Waals surface area contributed by atoms with Gasteiger partial charge >= 0.3 is 0 Å². The summed E-state index contributed by atoms with van der Waals surface area (Å²) in [7, 11) is 0. The molecule has 2 heteroatoms. The minimum atomic E-state index is -0.391. The average molecular weight is 394 g/mol. The number of allylic oxidation sites excluding steroid dienone is 5. The summed E-state index contributed by atoms with van der Waals surface area (Å²) in [5, 5.41) is 0. The summed E-state index contributed by atoms with van der Waals surface area (Å²) in [6.07, 6.45) is 9.82. The fourth-order valence-electron chi connectivity index (χ4n) is 3.47. The second-order valence-corrected chi connectivity index (χ2v) is 7.34. The minimum Gasteiger partial charge on any atom is -0.454 e. The van der Waals surface area contributed by atoms with Crippen molar-refractivity contribution in [2.75, 3.05) is 0 Å². The SMILES string of the molecule is C=C(Cc1ccc(Oc2ccccc2)c(F)c1)C(=C)c1ccc2c(c1)C=CC=CC2. The van der Waals surface area contributed by atoms with Gasteiger partial charge in [0.15, 0.2) is 11.6 Å². The zero-order valence-corrected chi connectivity index (χ0v) is 16.8. The number of hydrogen-bond acceptors (Lipinski definition) is 1. The first-order chi connectivity index (χ1) is 14.6. The van der Waals surface area contributed by atoms with Crippen molar-refractivity contribution in [2.45, 2.75) is 12.8 Å². The highest BCUT2D eigenvalue weighted by Crippen LogP contribution is 2.29. The van der Waals surface area contributed by atoms with Crippen molar-refractivity contribution in [3.8, 4) is 11.5 Å². The highest BCUT2D eigenvalue weighted by molar-refractivity contribution is 5.79. The van der Waals surface area contributed by atoms with E-state index in [4.69, 9.17) is 4.74 Å². The van der Waals surface area contributed by atoms with E-state index in [1.165, 1.54) is 17.2 Å². The predicted molar refractivity (Wildman–Crippen MR) is 123 cm³/mol. The van der Waals surface area contributed by atoms with Crippen LogP contribution in [0.2, 0.25) is 0 Å². The Kier molecular flexibility index (Phi) is 5.76. The van der Waals surface area contributed by atoms with E-state index in [0.29, 0.717) is 12.2 Å². The molecule has 0 N–H and O–H groups in total. The second-order valence-electron chi connectivity index (χ2n) is 7.34. The Balaban J connectivity index is 1.46. The van der Waals surface area contributed by atoms with Gasteiger partial charge in [-0.25, -0.2) is 4.39 Å². The van der Waals surface area contributed by atoms with Gasteiger partial charge in [-0.15, -0.1) is 0 Å². The summed E-state index contributed by atoms with van der Waals surface area (Å²) < 4.78 is 20.2. The van der Waals surface area contributed by atoms with E-state index in [2.05, 4.69) is 55.7 Å². The van der Waals surface area contributed by atoms with Crippen molar-refractivity contribution in [3.63, 3.8) is 0 Å². The lowest BCUT2D eigenvalue weighted by Crippen LogP contribution is -1.96. The predicted octanol–water partition coefficient (Wildman–Crippen LogP) is 7.56. The van der Waals surface area contributed by atoms with Crippen LogP contribution in [0.15, 0.2) is 104 Å². The van der Waals surface area contributed by atoms with Crippen LogP contribution in [0.3, 0.4) is 0 Å². The second kappa shape index (κ2) is 8.79. The van der Waals surface area contributed by atoms with Gasteiger partial charge in [0.1, 0.15) is 5.75 Å². The maximum Gasteiger partial charge on any atom is 0.166 e. The Morgan fingerprint density at radius 3 is 2.57 bits per heavy atom. The van der Waals surface area contributed by atoms with Crippen LogP contribution in [0, 0.1) is 5.82 Å². The molecule has 30 heavy (non-hydrogen) atoms. The van der Waals surface area contributed by atoms with Gasteiger partial charge in [0.25, 0.3) is 0 Å². The average Bonchev–Trinajstić information content (AvgIpc) is 3.00. The first kappa shape index (κ1) is 19.7. The fraction of sp³-hybridized carbons (Fsp3) is 0.0714. The molecular formula is C28H23FO. The molecule has 1 aliphatic rings. The lowest BCUT2D eigenvalue weighted by Gasteiger charge is -2.13. The molecule has 0 spiro atoms. The highest BCUT2D eigenvalue weighted by atomic mass is 19.1. The largest absolute Gasteiger partial charge is 0.454 e. The summed E-state index contributed by atoms with van der Waals surface area (Å²) in [5.41, 5.74) is 6.08. The molecule has 0 bridgehead atoms. The monoisotopic (exact) mass is 394 g/mol. The molecule has 0 aromatic heterocycles. The molecule has 0 heterocycles. The van der Waals surface area contributed by atoms with Gasteiger partial charge in [-0.3, -0.25) is 0 Å². The molecule has 3 aromatic carbocycles. The van der Waals surface area contributed by atoms with Crippen LogP contribution in [0.25, 0.3) is 11.6 Å². The van der Waals surface area contributed by atoms with Gasteiger partial charge in [-0.05, 0) is 76.6 Å². The number of benzene rings is 3. The molecule has 0 unspecified atom stereocenters. The maximum atomic E-state index is 14.5. The van der Waals surface area contributed by atoms with Crippen LogP contribution in [0.5, 0.6) is 11.5 Å². The van der Waals surface area contributed by atoms with Gasteiger partial charge in [0.05, 0.1) is 0 Å². The Hall–Kier alpha value is -3.65. The van der Waals surface area contributed by atoms with E-state index in [1.807, 2.05) is 24.3 Å². The topological polar surface area (TPSA) is 9.23 Å². The van der Waals surface area contributed by atoms with Gasteiger partial charge in [0, 0.05) is 0 Å². The van der Waals surface area contributed by atoms with Crippen molar-refractivity contribution in [3.05, 3.63) is 132 Å². The van der Waals surface area contributed by atoms with Crippen molar-refractivity contribution >= 4 is 11.6 Å². The quantitative estimate of drug-likeness (QED) is 0.392. The van der Waals surface area contributed by atoms with Gasteiger partial charge < -0.3 is 4.74 Å². The first-order valence-corrected chi connectivity index (χ1v) is 9.95. The summed E-state index contributed by atoms with van der Waals surface area (Å²) >= 11 is 0. The van der Waals surface area contributed by atoms with Gasteiger partial charge in [-0.1, -0.05) is 73.9 Å². The molecule has 3 aromatic rings. The van der Waals surface area contributed by atoms with E-state index < -0.39 is 5.82 Å². The molecule has 1 aliphatic carbocycles. The van der Waals surface area contributed by atoms with E-state index in [1.54, 1.807) is 18.2 Å². The normalized spacial score (nSPS) is 12.2. The number of para-hydroxylation sites is 1. The van der Waals surface area contributed by atoms with Crippen molar-refractivity contribution in [1.29, 1.82) is 0 Å². The number of hydrogen-bond donors (Lipinski definition) is 0. The number of rotatable bonds is 6. The summed E-state index contributed by atoms with van der Waals surface area (Å²) in [6, 6.07) is 20.6. The van der Waals surface area contributed by atoms with Crippen LogP contribution in [0.1, 0.15) is 22.3 Å². The molecular weight excluding hydrogens is 371 g/mol. The van der Waals surface area contributed by atoms with E-state index in [0.717, 1.165) is 28.7 Å². The minimum absolute atomic E-state index is 0.209. The standard InChI is InChI=1S/C28H23FO/c1-20(21(2)24-15-14-23-9-5-3-6-10-25(23)19-24)17-22-13-16-28(27(29)18-22)30-26-11-7-4-8-12-26/h3-8,10-16,18-19H,1-2,9,17H2. The molecule has 148 valence electrons. The third-order valence-electron chi connectivity index (χ3n) is 5.17. The van der Waals surface area contributed by atoms with Crippen molar-refractivity contribution in [2.24, 2.45) is 0 Å². The molecule has 0 saturated heterocycles.